The number of hydrogen-bond acceptors (Lipinski definition) is 3. The first kappa shape index (κ1) is 19.1. The molecule has 0 amide bonds. The molecule has 0 N–H and O–H groups in total. The van der Waals surface area contributed by atoms with Crippen LogP contribution in [0.15, 0.2) is 0 Å². The molecule has 0 aromatic rings. The molecule has 0 fully saturated rings. The summed E-state index contributed by atoms with van der Waals surface area (Å²) in [6.07, 6.45) is 0. The van der Waals surface area contributed by atoms with Crippen LogP contribution in [0.5, 0.6) is 0 Å². The van der Waals surface area contributed by atoms with E-state index in [-0.39, 0.29) is 21.6 Å². The van der Waals surface area contributed by atoms with E-state index in [1.54, 1.807) is 0 Å². The molecule has 0 spiro atoms. The van der Waals surface area contributed by atoms with Gasteiger partial charge in [0.15, 0.2) is 0 Å². The number of halogens is 10. The van der Waals surface area contributed by atoms with E-state index in [1.807, 2.05) is 0 Å². The van der Waals surface area contributed by atoms with Crippen molar-refractivity contribution in [2.45, 2.75) is 17.6 Å². The molecule has 0 saturated heterocycles. The van der Waals surface area contributed by atoms with Crippen molar-refractivity contribution in [3.05, 3.63) is 0 Å². The van der Waals surface area contributed by atoms with Gasteiger partial charge in [0, 0.05) is 11.8 Å². The topological polar surface area (TPSA) is 0 Å². The third-order valence-electron chi connectivity index (χ3n) is 0.824. The van der Waals surface area contributed by atoms with Crippen molar-refractivity contribution in [2.75, 3.05) is 0 Å². The highest BCUT2D eigenvalue weighted by Gasteiger charge is 2.60. The van der Waals surface area contributed by atoms with Gasteiger partial charge >= 0.3 is 10.8 Å². The lowest BCUT2D eigenvalue weighted by Crippen LogP contribution is -2.34. The van der Waals surface area contributed by atoms with Gasteiger partial charge in [0.1, 0.15) is 0 Å². The molecule has 0 unspecified atom stereocenters. The molecule has 0 aliphatic carbocycles. The first-order valence-corrected chi connectivity index (χ1v) is 7.98. The van der Waals surface area contributed by atoms with Crippen LogP contribution in [-0.2, 0) is 0 Å². The molecule has 0 aromatic carbocycles. The van der Waals surface area contributed by atoms with Gasteiger partial charge in [-0.25, -0.2) is 0 Å². The van der Waals surface area contributed by atoms with E-state index >= 15 is 0 Å². The van der Waals surface area contributed by atoms with Crippen molar-refractivity contribution in [2.24, 2.45) is 0 Å². The summed E-state index contributed by atoms with van der Waals surface area (Å²) in [4.78, 5) is 0. The van der Waals surface area contributed by atoms with Crippen molar-refractivity contribution < 1.29 is 22.0 Å². The summed E-state index contributed by atoms with van der Waals surface area (Å²) < 4.78 is 56.5. The van der Waals surface area contributed by atoms with Crippen LogP contribution in [0.1, 0.15) is 0 Å². The van der Waals surface area contributed by atoms with Crippen molar-refractivity contribution in [3.63, 3.8) is 0 Å². The number of thioether (sulfide) groups is 1. The Kier molecular flexibility index (Phi) is 7.08. The molecule has 104 valence electrons. The van der Waals surface area contributed by atoms with E-state index in [1.165, 1.54) is 0 Å². The third-order valence-corrected chi connectivity index (χ3v) is 7.46. The van der Waals surface area contributed by atoms with Crippen LogP contribution in [0.3, 0.4) is 0 Å². The molecule has 13 heteroatoms. The van der Waals surface area contributed by atoms with Crippen LogP contribution in [0, 0.1) is 0 Å². The highest BCUT2D eigenvalue weighted by Crippen LogP contribution is 2.63. The van der Waals surface area contributed by atoms with E-state index in [9.17, 15) is 22.0 Å². The van der Waals surface area contributed by atoms with E-state index in [0.29, 0.717) is 0 Å². The van der Waals surface area contributed by atoms with E-state index < -0.39 is 29.3 Å². The van der Waals surface area contributed by atoms with Gasteiger partial charge in [-0.1, -0.05) is 58.0 Å². The minimum absolute atomic E-state index is 0.0858. The lowest BCUT2D eigenvalue weighted by atomic mass is 10.8. The molecule has 0 saturated carbocycles. The van der Waals surface area contributed by atoms with Crippen LogP contribution in [-0.4, -0.2) is 17.6 Å². The Bertz CT molecular complexity index is 263. The average molecular weight is 416 g/mol. The largest absolute Gasteiger partial charge is 0.447 e. The lowest BCUT2D eigenvalue weighted by Gasteiger charge is -2.28. The van der Waals surface area contributed by atoms with Gasteiger partial charge in [-0.3, -0.25) is 0 Å². The molecule has 0 bridgehead atoms. The summed E-state index contributed by atoms with van der Waals surface area (Å²) in [5.41, 5.74) is -5.20. The molecule has 0 aromatic heterocycles. The summed E-state index contributed by atoms with van der Waals surface area (Å²) in [5, 5.41) is -4.51. The summed E-state index contributed by atoms with van der Waals surface area (Å²) in [6.45, 7) is 0. The van der Waals surface area contributed by atoms with Crippen LogP contribution in [0.25, 0.3) is 0 Å². The van der Waals surface area contributed by atoms with Gasteiger partial charge in [0.2, 0.25) is 6.79 Å². The van der Waals surface area contributed by atoms with E-state index in [0.717, 1.165) is 0 Å². The summed E-state index contributed by atoms with van der Waals surface area (Å²) in [5.74, 6) is 0. The maximum atomic E-state index is 13.1. The maximum Gasteiger partial charge on any atom is 0.447 e. The predicted octanol–water partition coefficient (Wildman–Crippen LogP) is 6.67. The number of hydrogen-bond donors (Lipinski definition) is 0. The molecular formula is C4Cl5F5S3. The fourth-order valence-electron chi connectivity index (χ4n) is 0.353. The van der Waals surface area contributed by atoms with Crippen LogP contribution >= 0.6 is 91.4 Å². The molecule has 0 aliphatic rings. The monoisotopic (exact) mass is 414 g/mol. The minimum Gasteiger partial charge on any atom is -0.189 e. The van der Waals surface area contributed by atoms with Crippen LogP contribution in [0.4, 0.5) is 22.0 Å². The molecule has 0 aliphatic heterocycles. The van der Waals surface area contributed by atoms with Crippen molar-refractivity contribution in [1.29, 1.82) is 0 Å². The van der Waals surface area contributed by atoms with Gasteiger partial charge in [-0.15, -0.1) is 0 Å². The zero-order valence-corrected chi connectivity index (χ0v) is 13.2. The second-order valence-corrected chi connectivity index (χ2v) is 10.7. The SMILES string of the molecule is FC(F)(F)SC(F)(F)C(Cl)(Cl)SSC(Cl)(Cl)Cl. The van der Waals surface area contributed by atoms with Gasteiger partial charge < -0.3 is 0 Å². The molecular weight excluding hydrogens is 416 g/mol. The van der Waals surface area contributed by atoms with Gasteiger partial charge in [0.25, 0.3) is 0 Å². The molecule has 0 nitrogen and oxygen atoms in total. The van der Waals surface area contributed by atoms with Crippen molar-refractivity contribution in [1.82, 2.24) is 0 Å². The predicted molar refractivity (Wildman–Crippen MR) is 68.5 cm³/mol. The summed E-state index contributed by atoms with van der Waals surface area (Å²) >= 11 is 24.2. The molecule has 0 heterocycles. The van der Waals surface area contributed by atoms with Gasteiger partial charge in [-0.05, 0) is 21.6 Å². The maximum absolute atomic E-state index is 13.1. The highest BCUT2D eigenvalue weighted by molar-refractivity contribution is 8.79. The second-order valence-electron chi connectivity index (χ2n) is 2.19. The zero-order chi connectivity index (χ0) is 14.1. The molecule has 0 radical (unpaired) electrons. The Labute approximate surface area is 130 Å². The minimum atomic E-state index is -5.20. The number of rotatable bonds is 4. The molecule has 0 atom stereocenters. The molecule has 0 rings (SSSR count). The van der Waals surface area contributed by atoms with Crippen LogP contribution in [0.2, 0.25) is 0 Å². The number of alkyl halides is 10. The molecule has 17 heavy (non-hydrogen) atoms. The van der Waals surface area contributed by atoms with E-state index in [2.05, 4.69) is 0 Å². The average Bonchev–Trinajstić information content (AvgIpc) is 1.94. The quantitative estimate of drug-likeness (QED) is 0.285. The lowest BCUT2D eigenvalue weighted by molar-refractivity contribution is -0.0411. The smallest absolute Gasteiger partial charge is 0.189 e. The van der Waals surface area contributed by atoms with Gasteiger partial charge in [-0.2, -0.15) is 22.0 Å². The Morgan fingerprint density at radius 2 is 1.12 bits per heavy atom. The first-order valence-electron chi connectivity index (χ1n) is 3.12. The summed E-state index contributed by atoms with van der Waals surface area (Å²) in [7, 11) is 0.0959. The third kappa shape index (κ3) is 8.12. The van der Waals surface area contributed by atoms with Crippen molar-refractivity contribution in [3.8, 4) is 0 Å². The summed E-state index contributed by atoms with van der Waals surface area (Å²) in [6, 6.07) is 0. The fourth-order valence-corrected chi connectivity index (χ4v) is 4.03. The Morgan fingerprint density at radius 1 is 0.706 bits per heavy atom. The Hall–Kier alpha value is 2.15. The zero-order valence-electron chi connectivity index (χ0n) is 7.00. The van der Waals surface area contributed by atoms with Crippen LogP contribution < -0.4 is 0 Å². The Morgan fingerprint density at radius 3 is 1.41 bits per heavy atom. The van der Waals surface area contributed by atoms with Gasteiger partial charge in [0.05, 0.1) is 0 Å². The normalized spacial score (nSPS) is 15.2. The van der Waals surface area contributed by atoms with E-state index in [4.69, 9.17) is 58.0 Å². The second kappa shape index (κ2) is 6.28. The highest BCUT2D eigenvalue weighted by atomic mass is 35.6. The first-order chi connectivity index (χ1) is 7.16. The van der Waals surface area contributed by atoms with Crippen molar-refractivity contribution >= 4 is 91.4 Å². The Balaban J connectivity index is 4.67. The fraction of sp³-hybridized carbons (Fsp3) is 1.00. The standard InChI is InChI=1S/C4Cl5F5S3/c5-1(6,16-17-3(7,8)9)2(10,11)15-4(12,13)14.